The number of aromatic amines is 1. The fraction of sp³-hybridized carbons (Fsp3) is 0.389. The third-order valence-corrected chi connectivity index (χ3v) is 3.96. The highest BCUT2D eigenvalue weighted by atomic mass is 16.7. The highest BCUT2D eigenvalue weighted by molar-refractivity contribution is 5.93. The summed E-state index contributed by atoms with van der Waals surface area (Å²) in [6.45, 7) is 4.79. The minimum absolute atomic E-state index is 0.187. The molecule has 1 N–H and O–H groups in total. The van der Waals surface area contributed by atoms with Crippen LogP contribution in [0, 0.1) is 0 Å². The van der Waals surface area contributed by atoms with E-state index in [2.05, 4.69) is 17.1 Å². The Morgan fingerprint density at radius 2 is 1.96 bits per heavy atom. The summed E-state index contributed by atoms with van der Waals surface area (Å²) in [5.41, 5.74) is 2.59. The van der Waals surface area contributed by atoms with Gasteiger partial charge in [-0.15, -0.1) is 0 Å². The fourth-order valence-corrected chi connectivity index (χ4v) is 3.03. The molecule has 0 amide bonds. The molecule has 0 atom stereocenters. The van der Waals surface area contributed by atoms with Crippen LogP contribution in [0.2, 0.25) is 0 Å². The SMILES string of the molecule is CCOC(OCC)c1cc2cc3c(c(OC)c2c(=O)[nH]1)CC=C3. The topological polar surface area (TPSA) is 60.6 Å². The molecular formula is C18H21NO4. The molecule has 1 heterocycles. The maximum Gasteiger partial charge on any atom is 0.259 e. The molecule has 2 aromatic rings. The van der Waals surface area contributed by atoms with E-state index in [1.54, 1.807) is 7.11 Å². The molecule has 0 spiro atoms. The van der Waals surface area contributed by atoms with E-state index in [1.807, 2.05) is 26.0 Å². The van der Waals surface area contributed by atoms with Gasteiger partial charge in [-0.25, -0.2) is 0 Å². The highest BCUT2D eigenvalue weighted by Gasteiger charge is 2.20. The maximum atomic E-state index is 12.6. The van der Waals surface area contributed by atoms with Gasteiger partial charge in [-0.2, -0.15) is 0 Å². The van der Waals surface area contributed by atoms with Crippen LogP contribution < -0.4 is 10.3 Å². The zero-order valence-corrected chi connectivity index (χ0v) is 13.6. The van der Waals surface area contributed by atoms with Crippen molar-refractivity contribution in [1.29, 1.82) is 0 Å². The second kappa shape index (κ2) is 6.56. The Morgan fingerprint density at radius 1 is 1.22 bits per heavy atom. The number of hydrogen-bond acceptors (Lipinski definition) is 4. The molecule has 0 aliphatic heterocycles. The standard InChI is InChI=1S/C18H21NO4/c1-4-22-18(23-5-2)14-10-12-9-11-7-6-8-13(11)16(21-3)15(12)17(20)19-14/h6-7,9-10,18H,4-5,8H2,1-3H3,(H,19,20). The molecule has 0 unspecified atom stereocenters. The Hall–Kier alpha value is -2.11. The summed E-state index contributed by atoms with van der Waals surface area (Å²) in [6, 6.07) is 3.92. The first kappa shape index (κ1) is 15.8. The average Bonchev–Trinajstić information content (AvgIpc) is 3.00. The number of pyridine rings is 1. The molecule has 1 aliphatic carbocycles. The van der Waals surface area contributed by atoms with Gasteiger partial charge < -0.3 is 19.2 Å². The van der Waals surface area contributed by atoms with Gasteiger partial charge in [0, 0.05) is 18.8 Å². The smallest absolute Gasteiger partial charge is 0.259 e. The van der Waals surface area contributed by atoms with Crippen LogP contribution in [-0.4, -0.2) is 25.3 Å². The number of aromatic nitrogens is 1. The number of H-pyrrole nitrogens is 1. The largest absolute Gasteiger partial charge is 0.496 e. The number of hydrogen-bond donors (Lipinski definition) is 1. The Morgan fingerprint density at radius 3 is 2.61 bits per heavy atom. The van der Waals surface area contributed by atoms with E-state index in [4.69, 9.17) is 14.2 Å². The molecule has 0 saturated carbocycles. The summed E-state index contributed by atoms with van der Waals surface area (Å²) in [4.78, 5) is 15.5. The van der Waals surface area contributed by atoms with Crippen LogP contribution in [-0.2, 0) is 15.9 Å². The first-order valence-corrected chi connectivity index (χ1v) is 7.86. The van der Waals surface area contributed by atoms with Gasteiger partial charge in [0.2, 0.25) is 0 Å². The summed E-state index contributed by atoms with van der Waals surface area (Å²) >= 11 is 0. The molecule has 23 heavy (non-hydrogen) atoms. The highest BCUT2D eigenvalue weighted by Crippen LogP contribution is 2.35. The fourth-order valence-electron chi connectivity index (χ4n) is 3.03. The second-order valence-corrected chi connectivity index (χ2v) is 5.34. The van der Waals surface area contributed by atoms with E-state index in [9.17, 15) is 4.79 Å². The first-order chi connectivity index (χ1) is 11.2. The molecule has 122 valence electrons. The number of nitrogens with one attached hydrogen (secondary N) is 1. The van der Waals surface area contributed by atoms with Crippen molar-refractivity contribution in [3.63, 3.8) is 0 Å². The predicted molar refractivity (Wildman–Crippen MR) is 89.9 cm³/mol. The van der Waals surface area contributed by atoms with Crippen LogP contribution in [0.4, 0.5) is 0 Å². The van der Waals surface area contributed by atoms with Crippen molar-refractivity contribution in [1.82, 2.24) is 4.98 Å². The van der Waals surface area contributed by atoms with Crippen molar-refractivity contribution in [3.05, 3.63) is 45.4 Å². The van der Waals surface area contributed by atoms with Crippen LogP contribution in [0.5, 0.6) is 5.75 Å². The van der Waals surface area contributed by atoms with E-state index in [-0.39, 0.29) is 5.56 Å². The molecule has 0 bridgehead atoms. The van der Waals surface area contributed by atoms with E-state index < -0.39 is 6.29 Å². The minimum atomic E-state index is -0.572. The van der Waals surface area contributed by atoms with E-state index in [1.165, 1.54) is 0 Å². The zero-order chi connectivity index (χ0) is 16.4. The van der Waals surface area contributed by atoms with Crippen LogP contribution in [0.15, 0.2) is 23.0 Å². The second-order valence-electron chi connectivity index (χ2n) is 5.34. The van der Waals surface area contributed by atoms with Gasteiger partial charge >= 0.3 is 0 Å². The van der Waals surface area contributed by atoms with Gasteiger partial charge in [0.05, 0.1) is 18.2 Å². The number of fused-ring (bicyclic) bond motifs is 2. The van der Waals surface area contributed by atoms with Gasteiger partial charge in [-0.3, -0.25) is 4.79 Å². The molecule has 5 nitrogen and oxygen atoms in total. The number of ether oxygens (including phenoxy) is 3. The lowest BCUT2D eigenvalue weighted by molar-refractivity contribution is -0.142. The van der Waals surface area contributed by atoms with Gasteiger partial charge in [-0.05, 0) is 43.4 Å². The zero-order valence-electron chi connectivity index (χ0n) is 13.6. The minimum Gasteiger partial charge on any atom is -0.496 e. The quantitative estimate of drug-likeness (QED) is 0.832. The van der Waals surface area contributed by atoms with Gasteiger partial charge in [0.25, 0.3) is 5.56 Å². The first-order valence-electron chi connectivity index (χ1n) is 7.86. The molecule has 0 radical (unpaired) electrons. The number of allylic oxidation sites excluding steroid dienone is 1. The summed E-state index contributed by atoms with van der Waals surface area (Å²) in [5.74, 6) is 0.652. The van der Waals surface area contributed by atoms with Crippen LogP contribution in [0.25, 0.3) is 16.8 Å². The maximum absolute atomic E-state index is 12.6. The molecular weight excluding hydrogens is 294 g/mol. The summed E-state index contributed by atoms with van der Waals surface area (Å²) < 4.78 is 16.7. The van der Waals surface area contributed by atoms with Crippen LogP contribution >= 0.6 is 0 Å². The van der Waals surface area contributed by atoms with Crippen molar-refractivity contribution >= 4 is 16.8 Å². The third kappa shape index (κ3) is 2.78. The lowest BCUT2D eigenvalue weighted by atomic mass is 10.0. The van der Waals surface area contributed by atoms with Crippen molar-refractivity contribution in [2.45, 2.75) is 26.6 Å². The predicted octanol–water partition coefficient (Wildman–Crippen LogP) is 3.18. The monoisotopic (exact) mass is 315 g/mol. The van der Waals surface area contributed by atoms with Gasteiger partial charge in [-0.1, -0.05) is 12.2 Å². The van der Waals surface area contributed by atoms with Crippen LogP contribution in [0.1, 0.15) is 37.0 Å². The van der Waals surface area contributed by atoms with E-state index >= 15 is 0 Å². The summed E-state index contributed by atoms with van der Waals surface area (Å²) in [7, 11) is 1.60. The molecule has 0 fully saturated rings. The molecule has 0 saturated heterocycles. The molecule has 1 aromatic heterocycles. The molecule has 3 rings (SSSR count). The average molecular weight is 315 g/mol. The lowest BCUT2D eigenvalue weighted by Gasteiger charge is -2.18. The van der Waals surface area contributed by atoms with Crippen molar-refractivity contribution in [3.8, 4) is 5.75 Å². The van der Waals surface area contributed by atoms with Gasteiger partial charge in [0.1, 0.15) is 5.75 Å². The summed E-state index contributed by atoms with van der Waals surface area (Å²) in [6.07, 6.45) is 4.35. The molecule has 1 aliphatic rings. The number of benzene rings is 1. The summed E-state index contributed by atoms with van der Waals surface area (Å²) in [5, 5.41) is 1.40. The third-order valence-electron chi connectivity index (χ3n) is 3.96. The van der Waals surface area contributed by atoms with Crippen molar-refractivity contribution in [2.24, 2.45) is 0 Å². The van der Waals surface area contributed by atoms with E-state index in [0.717, 1.165) is 22.9 Å². The molecule has 1 aromatic carbocycles. The van der Waals surface area contributed by atoms with E-state index in [0.29, 0.717) is 30.0 Å². The number of rotatable bonds is 6. The lowest BCUT2D eigenvalue weighted by Crippen LogP contribution is -2.17. The van der Waals surface area contributed by atoms with Crippen molar-refractivity contribution in [2.75, 3.05) is 20.3 Å². The Kier molecular flexibility index (Phi) is 4.50. The Bertz CT molecular complexity index is 801. The Labute approximate surface area is 134 Å². The molecule has 5 heteroatoms. The normalized spacial score (nSPS) is 13.0. The van der Waals surface area contributed by atoms with Crippen molar-refractivity contribution < 1.29 is 14.2 Å². The Balaban J connectivity index is 2.20. The number of methoxy groups -OCH3 is 1. The van der Waals surface area contributed by atoms with Gasteiger partial charge in [0.15, 0.2) is 6.29 Å². The van der Waals surface area contributed by atoms with Crippen LogP contribution in [0.3, 0.4) is 0 Å².